The van der Waals surface area contributed by atoms with Gasteiger partial charge in [-0.15, -0.1) is 0 Å². The minimum Gasteiger partial charge on any atom is -0.486 e. The van der Waals surface area contributed by atoms with E-state index >= 15 is 0 Å². The molecule has 0 spiro atoms. The van der Waals surface area contributed by atoms with Gasteiger partial charge >= 0.3 is 0 Å². The van der Waals surface area contributed by atoms with Gasteiger partial charge < -0.3 is 14.4 Å². The summed E-state index contributed by atoms with van der Waals surface area (Å²) < 4.78 is 11.8. The molecule has 3 aromatic rings. The third-order valence-electron chi connectivity index (χ3n) is 4.98. The van der Waals surface area contributed by atoms with Crippen molar-refractivity contribution in [2.24, 2.45) is 0 Å². The molecule has 0 radical (unpaired) electrons. The molecule has 1 amide bonds. The number of rotatable bonds is 4. The zero-order valence-electron chi connectivity index (χ0n) is 16.4. The highest BCUT2D eigenvalue weighted by molar-refractivity contribution is 6.06. The fourth-order valence-electron chi connectivity index (χ4n) is 3.57. The largest absolute Gasteiger partial charge is 0.486 e. The molecular weight excluding hydrogens is 352 g/mol. The summed E-state index contributed by atoms with van der Waals surface area (Å²) in [6.45, 7) is 7.41. The van der Waals surface area contributed by atoms with Crippen molar-refractivity contribution < 1.29 is 14.3 Å². The number of fused-ring (bicyclic) bond motifs is 2. The predicted octanol–water partition coefficient (Wildman–Crippen LogP) is 4.15. The van der Waals surface area contributed by atoms with Crippen molar-refractivity contribution >= 4 is 16.8 Å². The molecule has 1 aliphatic heterocycles. The van der Waals surface area contributed by atoms with Gasteiger partial charge in [0.05, 0.1) is 17.6 Å². The van der Waals surface area contributed by atoms with Crippen molar-refractivity contribution in [1.82, 2.24) is 9.88 Å². The van der Waals surface area contributed by atoms with Gasteiger partial charge in [0.2, 0.25) is 0 Å². The van der Waals surface area contributed by atoms with Crippen LogP contribution in [-0.2, 0) is 0 Å². The fraction of sp³-hybridized carbons (Fsp3) is 0.304. The number of benzene rings is 2. The zero-order valence-corrected chi connectivity index (χ0v) is 16.4. The monoisotopic (exact) mass is 376 g/mol. The third kappa shape index (κ3) is 3.52. The Morgan fingerprint density at radius 3 is 2.71 bits per heavy atom. The number of hydrogen-bond donors (Lipinski definition) is 0. The first-order valence-corrected chi connectivity index (χ1v) is 9.61. The van der Waals surface area contributed by atoms with E-state index in [1.54, 1.807) is 0 Å². The molecule has 144 valence electrons. The molecule has 0 aliphatic carbocycles. The van der Waals surface area contributed by atoms with Gasteiger partial charge in [-0.2, -0.15) is 0 Å². The summed E-state index contributed by atoms with van der Waals surface area (Å²) in [5.74, 6) is 1.47. The molecule has 1 unspecified atom stereocenters. The minimum absolute atomic E-state index is 0.00828. The Morgan fingerprint density at radius 2 is 1.93 bits per heavy atom. The van der Waals surface area contributed by atoms with Gasteiger partial charge in [0.15, 0.2) is 17.6 Å². The number of likely N-dealkylation sites (N-methyl/N-ethyl adjacent to an activating group) is 1. The van der Waals surface area contributed by atoms with Crippen LogP contribution in [0, 0.1) is 13.8 Å². The molecule has 5 nitrogen and oxygen atoms in total. The number of amides is 1. The number of carbonyl (C=O) groups excluding carboxylic acids is 1. The van der Waals surface area contributed by atoms with Crippen molar-refractivity contribution in [3.8, 4) is 11.5 Å². The lowest BCUT2D eigenvalue weighted by atomic mass is 10.0. The summed E-state index contributed by atoms with van der Waals surface area (Å²) >= 11 is 0. The highest BCUT2D eigenvalue weighted by Gasteiger charge is 2.26. The molecule has 28 heavy (non-hydrogen) atoms. The molecule has 2 aromatic carbocycles. The molecule has 0 fully saturated rings. The van der Waals surface area contributed by atoms with Crippen molar-refractivity contribution in [1.29, 1.82) is 0 Å². The van der Waals surface area contributed by atoms with E-state index in [0.29, 0.717) is 25.3 Å². The number of aromatic nitrogens is 1. The molecule has 1 aromatic heterocycles. The number of nitrogens with zero attached hydrogens (tertiary/aromatic N) is 2. The first-order valence-electron chi connectivity index (χ1n) is 9.61. The van der Waals surface area contributed by atoms with E-state index in [-0.39, 0.29) is 12.0 Å². The number of pyridine rings is 1. The van der Waals surface area contributed by atoms with Gasteiger partial charge in [0.1, 0.15) is 6.61 Å². The van der Waals surface area contributed by atoms with Crippen LogP contribution in [0.1, 0.15) is 28.5 Å². The second-order valence-electron chi connectivity index (χ2n) is 7.17. The van der Waals surface area contributed by atoms with Crippen LogP contribution in [0.15, 0.2) is 48.5 Å². The first kappa shape index (κ1) is 18.3. The summed E-state index contributed by atoms with van der Waals surface area (Å²) in [6, 6.07) is 15.5. The van der Waals surface area contributed by atoms with Crippen LogP contribution >= 0.6 is 0 Å². The SMILES string of the molecule is CCN(CC1COc2ccccc2O1)C(=O)c1cc(C)nc2ccc(C)cc12. The quantitative estimate of drug-likeness (QED) is 0.686. The van der Waals surface area contributed by atoms with Crippen LogP contribution in [0.5, 0.6) is 11.5 Å². The molecule has 5 heteroatoms. The maximum Gasteiger partial charge on any atom is 0.254 e. The lowest BCUT2D eigenvalue weighted by molar-refractivity contribution is 0.0476. The van der Waals surface area contributed by atoms with E-state index in [1.165, 1.54) is 0 Å². The topological polar surface area (TPSA) is 51.7 Å². The Morgan fingerprint density at radius 1 is 1.14 bits per heavy atom. The van der Waals surface area contributed by atoms with E-state index < -0.39 is 0 Å². The highest BCUT2D eigenvalue weighted by Crippen LogP contribution is 2.31. The zero-order chi connectivity index (χ0) is 19.7. The summed E-state index contributed by atoms with van der Waals surface area (Å²) in [7, 11) is 0. The van der Waals surface area contributed by atoms with Crippen molar-refractivity contribution in [2.75, 3.05) is 19.7 Å². The average molecular weight is 376 g/mol. The van der Waals surface area contributed by atoms with E-state index in [4.69, 9.17) is 9.47 Å². The number of hydrogen-bond acceptors (Lipinski definition) is 4. The van der Waals surface area contributed by atoms with E-state index in [9.17, 15) is 4.79 Å². The second-order valence-corrected chi connectivity index (χ2v) is 7.17. The predicted molar refractivity (Wildman–Crippen MR) is 109 cm³/mol. The molecule has 0 N–H and O–H groups in total. The van der Waals surface area contributed by atoms with Gasteiger partial charge in [0.25, 0.3) is 5.91 Å². The minimum atomic E-state index is -0.199. The number of ether oxygens (including phenoxy) is 2. The fourth-order valence-corrected chi connectivity index (χ4v) is 3.57. The Labute approximate surface area is 164 Å². The molecule has 1 aliphatic rings. The Hall–Kier alpha value is -3.08. The average Bonchev–Trinajstić information content (AvgIpc) is 2.71. The van der Waals surface area contributed by atoms with Crippen LogP contribution in [0.4, 0.5) is 0 Å². The van der Waals surface area contributed by atoms with E-state index in [2.05, 4.69) is 4.98 Å². The van der Waals surface area contributed by atoms with Crippen molar-refractivity contribution in [3.05, 3.63) is 65.4 Å². The van der Waals surface area contributed by atoms with Crippen LogP contribution in [-0.4, -0.2) is 41.6 Å². The highest BCUT2D eigenvalue weighted by atomic mass is 16.6. The molecule has 2 heterocycles. The van der Waals surface area contributed by atoms with Gasteiger partial charge in [-0.3, -0.25) is 9.78 Å². The van der Waals surface area contributed by atoms with Crippen LogP contribution in [0.2, 0.25) is 0 Å². The van der Waals surface area contributed by atoms with Gasteiger partial charge in [-0.25, -0.2) is 0 Å². The van der Waals surface area contributed by atoms with E-state index in [1.807, 2.05) is 74.2 Å². The summed E-state index contributed by atoms with van der Waals surface area (Å²) in [4.78, 5) is 19.8. The van der Waals surface area contributed by atoms with Crippen LogP contribution in [0.3, 0.4) is 0 Å². The standard InChI is InChI=1S/C23H24N2O3/c1-4-25(13-17-14-27-21-7-5-6-8-22(21)28-17)23(26)19-12-16(3)24-20-10-9-15(2)11-18(19)20/h5-12,17H,4,13-14H2,1-3H3. The van der Waals surface area contributed by atoms with Crippen molar-refractivity contribution in [3.63, 3.8) is 0 Å². The van der Waals surface area contributed by atoms with E-state index in [0.717, 1.165) is 33.7 Å². The maximum absolute atomic E-state index is 13.4. The summed E-state index contributed by atoms with van der Waals surface area (Å²) in [5, 5.41) is 0.889. The van der Waals surface area contributed by atoms with Gasteiger partial charge in [-0.05, 0) is 51.1 Å². The normalized spacial score (nSPS) is 15.5. The second kappa shape index (κ2) is 7.50. The molecule has 0 saturated heterocycles. The smallest absolute Gasteiger partial charge is 0.254 e. The first-order chi connectivity index (χ1) is 13.5. The van der Waals surface area contributed by atoms with Crippen LogP contribution in [0.25, 0.3) is 10.9 Å². The summed E-state index contributed by atoms with van der Waals surface area (Å²) in [6.07, 6.45) is -0.199. The number of para-hydroxylation sites is 2. The lowest BCUT2D eigenvalue weighted by Crippen LogP contribution is -2.43. The number of aryl methyl sites for hydroxylation is 2. The molecular formula is C23H24N2O3. The van der Waals surface area contributed by atoms with Gasteiger partial charge in [0, 0.05) is 17.6 Å². The number of carbonyl (C=O) groups is 1. The Kier molecular flexibility index (Phi) is 4.90. The molecule has 1 atom stereocenters. The third-order valence-corrected chi connectivity index (χ3v) is 4.98. The lowest BCUT2D eigenvalue weighted by Gasteiger charge is -2.31. The molecule has 0 saturated carbocycles. The molecule has 0 bridgehead atoms. The Bertz CT molecular complexity index is 1030. The van der Waals surface area contributed by atoms with Crippen LogP contribution < -0.4 is 9.47 Å². The van der Waals surface area contributed by atoms with Crippen molar-refractivity contribution in [2.45, 2.75) is 26.9 Å². The Balaban J connectivity index is 1.60. The van der Waals surface area contributed by atoms with Gasteiger partial charge in [-0.1, -0.05) is 23.8 Å². The summed E-state index contributed by atoms with van der Waals surface area (Å²) in [5.41, 5.74) is 3.47. The maximum atomic E-state index is 13.4. The molecule has 4 rings (SSSR count).